The molecule has 2 aromatic rings. The predicted molar refractivity (Wildman–Crippen MR) is 80.9 cm³/mol. The average molecular weight is 286 g/mol. The highest BCUT2D eigenvalue weighted by Crippen LogP contribution is 2.19. The highest BCUT2D eigenvalue weighted by Gasteiger charge is 2.24. The Morgan fingerprint density at radius 2 is 1.76 bits per heavy atom. The van der Waals surface area contributed by atoms with Crippen molar-refractivity contribution in [3.05, 3.63) is 30.0 Å². The summed E-state index contributed by atoms with van der Waals surface area (Å²) >= 11 is 0. The Bertz CT molecular complexity index is 699. The number of hydrogen-bond acceptors (Lipinski definition) is 3. The second-order valence-electron chi connectivity index (χ2n) is 5.33. The monoisotopic (exact) mass is 286 g/mol. The van der Waals surface area contributed by atoms with Gasteiger partial charge in [-0.3, -0.25) is 9.59 Å². The number of carbonyl (C=O) groups is 2. The minimum Gasteiger partial charge on any atom is -0.399 e. The zero-order valence-corrected chi connectivity index (χ0v) is 11.9. The molecule has 0 atom stereocenters. The normalized spacial score (nSPS) is 15.5. The second kappa shape index (κ2) is 5.12. The molecule has 3 N–H and O–H groups in total. The highest BCUT2D eigenvalue weighted by atomic mass is 16.2. The van der Waals surface area contributed by atoms with Gasteiger partial charge >= 0.3 is 0 Å². The lowest BCUT2D eigenvalue weighted by Gasteiger charge is -2.33. The molecule has 2 heterocycles. The van der Waals surface area contributed by atoms with E-state index in [4.69, 9.17) is 5.73 Å². The van der Waals surface area contributed by atoms with Crippen molar-refractivity contribution in [3.8, 4) is 0 Å². The van der Waals surface area contributed by atoms with Crippen LogP contribution in [0.4, 0.5) is 5.69 Å². The molecule has 1 aliphatic rings. The van der Waals surface area contributed by atoms with E-state index in [9.17, 15) is 9.59 Å². The number of aromatic nitrogens is 1. The van der Waals surface area contributed by atoms with Crippen molar-refractivity contribution >= 4 is 28.4 Å². The van der Waals surface area contributed by atoms with E-state index in [0.717, 1.165) is 10.9 Å². The molecule has 0 bridgehead atoms. The summed E-state index contributed by atoms with van der Waals surface area (Å²) in [4.78, 5) is 30.4. The molecule has 1 saturated heterocycles. The van der Waals surface area contributed by atoms with E-state index in [1.54, 1.807) is 22.8 Å². The largest absolute Gasteiger partial charge is 0.399 e. The van der Waals surface area contributed by atoms with Crippen molar-refractivity contribution in [3.63, 3.8) is 0 Å². The number of anilines is 1. The number of fused-ring (bicyclic) bond motifs is 1. The standard InChI is InChI=1S/C15H18N4O2/c1-10(20)18-4-6-19(7-5-18)15(21)14-9-11-8-12(16)2-3-13(11)17-14/h2-3,8-9,17H,4-7,16H2,1H3. The van der Waals surface area contributed by atoms with Crippen LogP contribution in [0, 0.1) is 0 Å². The summed E-state index contributed by atoms with van der Waals surface area (Å²) in [6, 6.07) is 7.34. The molecule has 1 fully saturated rings. The van der Waals surface area contributed by atoms with Crippen LogP contribution >= 0.6 is 0 Å². The number of nitrogens with one attached hydrogen (secondary N) is 1. The quantitative estimate of drug-likeness (QED) is 0.769. The molecule has 6 nitrogen and oxygen atoms in total. The fourth-order valence-corrected chi connectivity index (χ4v) is 2.66. The van der Waals surface area contributed by atoms with Crippen LogP contribution in [-0.2, 0) is 4.79 Å². The number of carbonyl (C=O) groups excluding carboxylic acids is 2. The van der Waals surface area contributed by atoms with Gasteiger partial charge in [-0.05, 0) is 24.3 Å². The molecule has 3 rings (SSSR count). The van der Waals surface area contributed by atoms with Crippen molar-refractivity contribution in [1.82, 2.24) is 14.8 Å². The third kappa shape index (κ3) is 2.56. The van der Waals surface area contributed by atoms with E-state index in [1.807, 2.05) is 18.2 Å². The van der Waals surface area contributed by atoms with Crippen LogP contribution in [0.2, 0.25) is 0 Å². The lowest BCUT2D eigenvalue weighted by molar-refractivity contribution is -0.130. The molecule has 6 heteroatoms. The lowest BCUT2D eigenvalue weighted by Crippen LogP contribution is -2.50. The van der Waals surface area contributed by atoms with Gasteiger partial charge in [-0.15, -0.1) is 0 Å². The highest BCUT2D eigenvalue weighted by molar-refractivity contribution is 5.98. The molecule has 0 saturated carbocycles. The Morgan fingerprint density at radius 3 is 2.43 bits per heavy atom. The summed E-state index contributed by atoms with van der Waals surface area (Å²) in [5.41, 5.74) is 7.89. The van der Waals surface area contributed by atoms with Gasteiger partial charge in [0.15, 0.2) is 0 Å². The minimum atomic E-state index is -0.0343. The van der Waals surface area contributed by atoms with Crippen LogP contribution in [0.1, 0.15) is 17.4 Å². The fraction of sp³-hybridized carbons (Fsp3) is 0.333. The number of nitrogens with zero attached hydrogens (tertiary/aromatic N) is 2. The van der Waals surface area contributed by atoms with E-state index in [-0.39, 0.29) is 11.8 Å². The third-order valence-electron chi connectivity index (χ3n) is 3.89. The Balaban J connectivity index is 1.76. The van der Waals surface area contributed by atoms with Gasteiger partial charge in [0.1, 0.15) is 5.69 Å². The van der Waals surface area contributed by atoms with Gasteiger partial charge in [0.05, 0.1) is 0 Å². The van der Waals surface area contributed by atoms with Gasteiger partial charge in [0.2, 0.25) is 5.91 Å². The molecule has 0 aliphatic carbocycles. The lowest BCUT2D eigenvalue weighted by atomic mass is 10.2. The number of nitrogens with two attached hydrogens (primary N) is 1. The van der Waals surface area contributed by atoms with E-state index in [2.05, 4.69) is 4.98 Å². The van der Waals surface area contributed by atoms with Gasteiger partial charge in [-0.1, -0.05) is 0 Å². The van der Waals surface area contributed by atoms with Crippen molar-refractivity contribution in [2.75, 3.05) is 31.9 Å². The molecule has 110 valence electrons. The average Bonchev–Trinajstić information content (AvgIpc) is 2.89. The summed E-state index contributed by atoms with van der Waals surface area (Å²) in [5, 5.41) is 0.931. The van der Waals surface area contributed by atoms with E-state index in [1.165, 1.54) is 0 Å². The Hall–Kier alpha value is -2.50. The number of H-pyrrole nitrogens is 1. The number of amides is 2. The number of hydrogen-bond donors (Lipinski definition) is 2. The molecule has 0 spiro atoms. The number of rotatable bonds is 1. The first-order valence-electron chi connectivity index (χ1n) is 6.97. The first-order chi connectivity index (χ1) is 10.0. The van der Waals surface area contributed by atoms with E-state index in [0.29, 0.717) is 37.6 Å². The third-order valence-corrected chi connectivity index (χ3v) is 3.89. The van der Waals surface area contributed by atoms with Crippen molar-refractivity contribution in [1.29, 1.82) is 0 Å². The van der Waals surface area contributed by atoms with Gasteiger partial charge in [-0.25, -0.2) is 0 Å². The van der Waals surface area contributed by atoms with Crippen LogP contribution in [0.25, 0.3) is 10.9 Å². The fourth-order valence-electron chi connectivity index (χ4n) is 2.66. The summed E-state index contributed by atoms with van der Waals surface area (Å²) < 4.78 is 0. The molecule has 1 aromatic heterocycles. The molecule has 2 amide bonds. The van der Waals surface area contributed by atoms with Crippen molar-refractivity contribution in [2.45, 2.75) is 6.92 Å². The smallest absolute Gasteiger partial charge is 0.270 e. The Labute approximate surface area is 122 Å². The second-order valence-corrected chi connectivity index (χ2v) is 5.33. The maximum atomic E-state index is 12.5. The van der Waals surface area contributed by atoms with Crippen LogP contribution < -0.4 is 5.73 Å². The molecule has 0 radical (unpaired) electrons. The first-order valence-corrected chi connectivity index (χ1v) is 6.97. The predicted octanol–water partition coefficient (Wildman–Crippen LogP) is 1.05. The van der Waals surface area contributed by atoms with Gasteiger partial charge in [-0.2, -0.15) is 0 Å². The molecule has 1 aliphatic heterocycles. The minimum absolute atomic E-state index is 0.0343. The maximum Gasteiger partial charge on any atom is 0.270 e. The SMILES string of the molecule is CC(=O)N1CCN(C(=O)c2cc3cc(N)ccc3[nH]2)CC1. The van der Waals surface area contributed by atoms with Crippen LogP contribution in [0.5, 0.6) is 0 Å². The van der Waals surface area contributed by atoms with Gasteiger partial charge in [0.25, 0.3) is 5.91 Å². The number of nitrogen functional groups attached to an aromatic ring is 1. The summed E-state index contributed by atoms with van der Waals surface area (Å²) in [6.45, 7) is 3.87. The van der Waals surface area contributed by atoms with Crippen LogP contribution in [0.15, 0.2) is 24.3 Å². The summed E-state index contributed by atoms with van der Waals surface area (Å²) in [6.07, 6.45) is 0. The van der Waals surface area contributed by atoms with E-state index >= 15 is 0 Å². The first kappa shape index (κ1) is 13.5. The van der Waals surface area contributed by atoms with Gasteiger partial charge < -0.3 is 20.5 Å². The Kier molecular flexibility index (Phi) is 3.29. The van der Waals surface area contributed by atoms with Crippen molar-refractivity contribution in [2.24, 2.45) is 0 Å². The van der Waals surface area contributed by atoms with Gasteiger partial charge in [0, 0.05) is 49.7 Å². The summed E-state index contributed by atoms with van der Waals surface area (Å²) in [7, 11) is 0. The topological polar surface area (TPSA) is 82.4 Å². The number of benzene rings is 1. The zero-order chi connectivity index (χ0) is 15.0. The number of aromatic amines is 1. The zero-order valence-electron chi connectivity index (χ0n) is 11.9. The van der Waals surface area contributed by atoms with Crippen LogP contribution in [-0.4, -0.2) is 52.8 Å². The van der Waals surface area contributed by atoms with Crippen molar-refractivity contribution < 1.29 is 9.59 Å². The Morgan fingerprint density at radius 1 is 1.10 bits per heavy atom. The molecular weight excluding hydrogens is 268 g/mol. The molecule has 1 aromatic carbocycles. The molecular formula is C15H18N4O2. The van der Waals surface area contributed by atoms with E-state index < -0.39 is 0 Å². The number of piperazine rings is 1. The molecule has 0 unspecified atom stereocenters. The van der Waals surface area contributed by atoms with Crippen LogP contribution in [0.3, 0.4) is 0 Å². The summed E-state index contributed by atoms with van der Waals surface area (Å²) in [5.74, 6) is 0.0242. The molecule has 21 heavy (non-hydrogen) atoms. The maximum absolute atomic E-state index is 12.5.